The third-order valence-electron chi connectivity index (χ3n) is 3.45. The summed E-state index contributed by atoms with van der Waals surface area (Å²) in [6, 6.07) is 5.63. The second-order valence-corrected chi connectivity index (χ2v) is 4.92. The highest BCUT2D eigenvalue weighted by Gasteiger charge is 2.21. The minimum absolute atomic E-state index is 0.0591. The molecule has 3 N–H and O–H groups in total. The van der Waals surface area contributed by atoms with Gasteiger partial charge >= 0.3 is 0 Å². The predicted molar refractivity (Wildman–Crippen MR) is 75.3 cm³/mol. The van der Waals surface area contributed by atoms with Crippen LogP contribution in [0.1, 0.15) is 16.8 Å². The maximum absolute atomic E-state index is 12.8. The fourth-order valence-electron chi connectivity index (χ4n) is 2.23. The molecule has 0 bridgehead atoms. The highest BCUT2D eigenvalue weighted by molar-refractivity contribution is 5.94. The van der Waals surface area contributed by atoms with Crippen LogP contribution in [0.25, 0.3) is 0 Å². The summed E-state index contributed by atoms with van der Waals surface area (Å²) >= 11 is 0. The SMILES string of the molecule is N=C(N)CCN1CCN(C(=O)c2ccc(F)cc2)CC1. The number of hydrogen-bond donors (Lipinski definition) is 2. The van der Waals surface area contributed by atoms with Crippen molar-refractivity contribution in [1.29, 1.82) is 5.41 Å². The van der Waals surface area contributed by atoms with E-state index in [1.807, 2.05) is 0 Å². The van der Waals surface area contributed by atoms with Gasteiger partial charge in [-0.2, -0.15) is 0 Å². The van der Waals surface area contributed by atoms with Gasteiger partial charge in [-0.1, -0.05) is 0 Å². The van der Waals surface area contributed by atoms with E-state index in [1.54, 1.807) is 4.90 Å². The number of carbonyl (C=O) groups is 1. The molecule has 0 aliphatic carbocycles. The van der Waals surface area contributed by atoms with Crippen molar-refractivity contribution < 1.29 is 9.18 Å². The molecule has 6 heteroatoms. The first kappa shape index (κ1) is 14.5. The number of nitrogens with zero attached hydrogens (tertiary/aromatic N) is 2. The first-order chi connectivity index (χ1) is 9.56. The fourth-order valence-corrected chi connectivity index (χ4v) is 2.23. The molecule has 0 spiro atoms. The summed E-state index contributed by atoms with van der Waals surface area (Å²) in [7, 11) is 0. The van der Waals surface area contributed by atoms with Gasteiger partial charge in [0.05, 0.1) is 5.84 Å². The Bertz CT molecular complexity index is 480. The van der Waals surface area contributed by atoms with E-state index in [1.165, 1.54) is 24.3 Å². The van der Waals surface area contributed by atoms with Gasteiger partial charge in [0.15, 0.2) is 0 Å². The van der Waals surface area contributed by atoms with E-state index in [2.05, 4.69) is 4.90 Å². The van der Waals surface area contributed by atoms with Crippen LogP contribution in [0.3, 0.4) is 0 Å². The van der Waals surface area contributed by atoms with Gasteiger partial charge in [0.25, 0.3) is 5.91 Å². The average molecular weight is 278 g/mol. The van der Waals surface area contributed by atoms with E-state index >= 15 is 0 Å². The molecule has 0 unspecified atom stereocenters. The molecule has 108 valence electrons. The largest absolute Gasteiger partial charge is 0.388 e. The lowest BCUT2D eigenvalue weighted by molar-refractivity contribution is 0.0640. The maximum Gasteiger partial charge on any atom is 0.253 e. The summed E-state index contributed by atoms with van der Waals surface area (Å²) in [5.41, 5.74) is 5.85. The monoisotopic (exact) mass is 278 g/mol. The molecular formula is C14H19FN4O. The third kappa shape index (κ3) is 3.77. The fraction of sp³-hybridized carbons (Fsp3) is 0.429. The standard InChI is InChI=1S/C14H19FN4O/c15-12-3-1-11(2-4-12)14(20)19-9-7-18(8-10-19)6-5-13(16)17/h1-4H,5-10H2,(H3,16,17). The van der Waals surface area contributed by atoms with Crippen LogP contribution in [0.5, 0.6) is 0 Å². The molecule has 1 fully saturated rings. The molecular weight excluding hydrogens is 259 g/mol. The first-order valence-corrected chi connectivity index (χ1v) is 6.66. The Morgan fingerprint density at radius 3 is 2.35 bits per heavy atom. The quantitative estimate of drug-likeness (QED) is 0.635. The van der Waals surface area contributed by atoms with E-state index in [4.69, 9.17) is 11.1 Å². The van der Waals surface area contributed by atoms with Gasteiger partial charge in [-0.05, 0) is 24.3 Å². The Labute approximate surface area is 117 Å². The Morgan fingerprint density at radius 2 is 1.80 bits per heavy atom. The lowest BCUT2D eigenvalue weighted by Crippen LogP contribution is -2.49. The number of hydrogen-bond acceptors (Lipinski definition) is 3. The third-order valence-corrected chi connectivity index (χ3v) is 3.45. The number of amides is 1. The number of nitrogens with two attached hydrogens (primary N) is 1. The van der Waals surface area contributed by atoms with E-state index in [9.17, 15) is 9.18 Å². The van der Waals surface area contributed by atoms with E-state index in [0.29, 0.717) is 25.1 Å². The van der Waals surface area contributed by atoms with Gasteiger partial charge in [0.2, 0.25) is 0 Å². The minimum Gasteiger partial charge on any atom is -0.388 e. The van der Waals surface area contributed by atoms with Crippen molar-refractivity contribution in [2.45, 2.75) is 6.42 Å². The zero-order valence-electron chi connectivity index (χ0n) is 11.3. The zero-order valence-corrected chi connectivity index (χ0v) is 11.3. The van der Waals surface area contributed by atoms with Crippen molar-refractivity contribution in [3.63, 3.8) is 0 Å². The normalized spacial score (nSPS) is 16.1. The molecule has 1 saturated heterocycles. The van der Waals surface area contributed by atoms with Gasteiger partial charge in [-0.15, -0.1) is 0 Å². The van der Waals surface area contributed by atoms with Crippen LogP contribution in [0, 0.1) is 11.2 Å². The van der Waals surface area contributed by atoms with E-state index in [-0.39, 0.29) is 17.6 Å². The molecule has 1 aliphatic heterocycles. The number of carbonyl (C=O) groups excluding carboxylic acids is 1. The number of piperazine rings is 1. The van der Waals surface area contributed by atoms with Crippen molar-refractivity contribution >= 4 is 11.7 Å². The number of benzene rings is 1. The van der Waals surface area contributed by atoms with Crippen molar-refractivity contribution in [2.24, 2.45) is 5.73 Å². The summed E-state index contributed by atoms with van der Waals surface area (Å²) in [6.45, 7) is 3.61. The molecule has 0 radical (unpaired) electrons. The number of halogens is 1. The molecule has 1 heterocycles. The Balaban J connectivity index is 1.85. The number of amidine groups is 1. The molecule has 0 atom stereocenters. The van der Waals surface area contributed by atoms with Gasteiger partial charge in [-0.25, -0.2) is 4.39 Å². The summed E-state index contributed by atoms with van der Waals surface area (Å²) in [5, 5.41) is 7.21. The molecule has 0 saturated carbocycles. The molecule has 2 rings (SSSR count). The van der Waals surface area contributed by atoms with Gasteiger partial charge in [-0.3, -0.25) is 15.1 Å². The lowest BCUT2D eigenvalue weighted by atomic mass is 10.1. The van der Waals surface area contributed by atoms with Crippen molar-refractivity contribution in [1.82, 2.24) is 9.80 Å². The highest BCUT2D eigenvalue weighted by atomic mass is 19.1. The molecule has 1 amide bonds. The average Bonchev–Trinajstić information content (AvgIpc) is 2.46. The van der Waals surface area contributed by atoms with Crippen molar-refractivity contribution in [2.75, 3.05) is 32.7 Å². The topological polar surface area (TPSA) is 73.4 Å². The summed E-state index contributed by atoms with van der Waals surface area (Å²) in [6.07, 6.45) is 0.561. The van der Waals surface area contributed by atoms with Crippen molar-refractivity contribution in [3.8, 4) is 0 Å². The molecule has 20 heavy (non-hydrogen) atoms. The van der Waals surface area contributed by atoms with Gasteiger partial charge in [0, 0.05) is 44.7 Å². The Morgan fingerprint density at radius 1 is 1.20 bits per heavy atom. The summed E-state index contributed by atoms with van der Waals surface area (Å²) in [5.74, 6) is -0.207. The van der Waals surface area contributed by atoms with E-state index in [0.717, 1.165) is 19.6 Å². The van der Waals surface area contributed by atoms with Crippen molar-refractivity contribution in [3.05, 3.63) is 35.6 Å². The van der Waals surface area contributed by atoms with E-state index < -0.39 is 0 Å². The lowest BCUT2D eigenvalue weighted by Gasteiger charge is -2.34. The smallest absolute Gasteiger partial charge is 0.253 e. The van der Waals surface area contributed by atoms with Gasteiger partial charge < -0.3 is 10.6 Å². The van der Waals surface area contributed by atoms with Gasteiger partial charge in [0.1, 0.15) is 5.82 Å². The summed E-state index contributed by atoms with van der Waals surface area (Å²) < 4.78 is 12.8. The first-order valence-electron chi connectivity index (χ1n) is 6.66. The van der Waals surface area contributed by atoms with Crippen LogP contribution in [0.15, 0.2) is 24.3 Å². The molecule has 5 nitrogen and oxygen atoms in total. The van der Waals surface area contributed by atoms with Crippen LogP contribution >= 0.6 is 0 Å². The predicted octanol–water partition coefficient (Wildman–Crippen LogP) is 0.910. The second kappa shape index (κ2) is 6.47. The number of nitrogens with one attached hydrogen (secondary N) is 1. The van der Waals surface area contributed by atoms with Crippen LogP contribution in [0.4, 0.5) is 4.39 Å². The van der Waals surface area contributed by atoms with Crippen LogP contribution < -0.4 is 5.73 Å². The van der Waals surface area contributed by atoms with Crippen LogP contribution in [0.2, 0.25) is 0 Å². The minimum atomic E-state index is -0.337. The Hall–Kier alpha value is -1.95. The second-order valence-electron chi connectivity index (χ2n) is 4.92. The Kier molecular flexibility index (Phi) is 4.68. The molecule has 0 aromatic heterocycles. The highest BCUT2D eigenvalue weighted by Crippen LogP contribution is 2.10. The molecule has 1 aromatic carbocycles. The number of rotatable bonds is 4. The summed E-state index contributed by atoms with van der Waals surface area (Å²) in [4.78, 5) is 16.2. The molecule has 1 aliphatic rings. The van der Waals surface area contributed by atoms with Crippen LogP contribution in [-0.2, 0) is 0 Å². The van der Waals surface area contributed by atoms with Crippen LogP contribution in [-0.4, -0.2) is 54.3 Å². The molecule has 1 aromatic rings. The zero-order chi connectivity index (χ0) is 14.5. The maximum atomic E-state index is 12.8.